The van der Waals surface area contributed by atoms with E-state index < -0.39 is 0 Å². The van der Waals surface area contributed by atoms with Crippen LogP contribution in [0.5, 0.6) is 0 Å². The van der Waals surface area contributed by atoms with Crippen molar-refractivity contribution < 1.29 is 0 Å². The lowest BCUT2D eigenvalue weighted by atomic mass is 10.1. The molecule has 84 valence electrons. The van der Waals surface area contributed by atoms with E-state index in [4.69, 9.17) is 5.73 Å². The minimum atomic E-state index is 0.323. The van der Waals surface area contributed by atoms with Gasteiger partial charge in [-0.1, -0.05) is 30.3 Å². The highest BCUT2D eigenvalue weighted by Crippen LogP contribution is 2.17. The van der Waals surface area contributed by atoms with Gasteiger partial charge in [-0.25, -0.2) is 9.50 Å². The first-order valence-electron chi connectivity index (χ1n) is 5.33. The quantitative estimate of drug-likeness (QED) is 0.712. The van der Waals surface area contributed by atoms with Crippen LogP contribution in [-0.4, -0.2) is 19.6 Å². The molecule has 2 aromatic heterocycles. The molecule has 2 heterocycles. The number of benzene rings is 1. The highest BCUT2D eigenvalue weighted by Gasteiger charge is 2.04. The van der Waals surface area contributed by atoms with Crippen LogP contribution in [0, 0.1) is 0 Å². The number of hydrogen-bond donors (Lipinski definition) is 1. The molecule has 1 aromatic carbocycles. The minimum Gasteiger partial charge on any atom is -0.324 e. The van der Waals surface area contributed by atoms with Crippen LogP contribution < -0.4 is 5.73 Å². The molecule has 0 aliphatic heterocycles. The van der Waals surface area contributed by atoms with E-state index in [9.17, 15) is 0 Å². The van der Waals surface area contributed by atoms with Gasteiger partial charge in [-0.05, 0) is 5.56 Å². The Labute approximate surface area is 97.9 Å². The molecule has 5 nitrogen and oxygen atoms in total. The number of fused-ring (bicyclic) bond motifs is 1. The molecule has 3 aromatic rings. The predicted molar refractivity (Wildman–Crippen MR) is 64.1 cm³/mol. The largest absolute Gasteiger partial charge is 0.324 e. The first-order chi connectivity index (χ1) is 8.36. The Morgan fingerprint density at radius 3 is 2.71 bits per heavy atom. The fourth-order valence-electron chi connectivity index (χ4n) is 1.69. The summed E-state index contributed by atoms with van der Waals surface area (Å²) in [5, 5.41) is 4.24. The van der Waals surface area contributed by atoms with E-state index in [1.165, 1.54) is 0 Å². The Morgan fingerprint density at radius 1 is 1.12 bits per heavy atom. The number of hydrogen-bond acceptors (Lipinski definition) is 4. The molecular weight excluding hydrogens is 214 g/mol. The second-order valence-corrected chi connectivity index (χ2v) is 3.69. The normalized spacial score (nSPS) is 10.9. The lowest BCUT2D eigenvalue weighted by Gasteiger charge is -2.00. The van der Waals surface area contributed by atoms with E-state index in [1.54, 1.807) is 10.7 Å². The van der Waals surface area contributed by atoms with E-state index in [0.29, 0.717) is 18.1 Å². The maximum Gasteiger partial charge on any atom is 0.252 e. The van der Waals surface area contributed by atoms with Crippen LogP contribution in [0.3, 0.4) is 0 Å². The Morgan fingerprint density at radius 2 is 1.94 bits per heavy atom. The summed E-state index contributed by atoms with van der Waals surface area (Å²) >= 11 is 0. The van der Waals surface area contributed by atoms with Gasteiger partial charge < -0.3 is 5.73 Å². The smallest absolute Gasteiger partial charge is 0.252 e. The van der Waals surface area contributed by atoms with Crippen LogP contribution in [0.2, 0.25) is 0 Å². The number of nitrogens with two attached hydrogens (primary N) is 1. The third kappa shape index (κ3) is 1.76. The van der Waals surface area contributed by atoms with Crippen LogP contribution in [-0.2, 0) is 6.54 Å². The van der Waals surface area contributed by atoms with Crippen molar-refractivity contribution in [2.24, 2.45) is 5.73 Å². The lowest BCUT2D eigenvalue weighted by molar-refractivity contribution is 0.865. The van der Waals surface area contributed by atoms with E-state index >= 15 is 0 Å². The van der Waals surface area contributed by atoms with Gasteiger partial charge in [-0.15, -0.1) is 5.10 Å². The minimum absolute atomic E-state index is 0.323. The monoisotopic (exact) mass is 225 g/mol. The summed E-state index contributed by atoms with van der Waals surface area (Å²) in [6, 6.07) is 10.0. The van der Waals surface area contributed by atoms with E-state index in [2.05, 4.69) is 15.1 Å². The first kappa shape index (κ1) is 9.92. The van der Waals surface area contributed by atoms with Crippen molar-refractivity contribution in [2.45, 2.75) is 6.54 Å². The maximum absolute atomic E-state index is 5.50. The topological polar surface area (TPSA) is 69.1 Å². The zero-order chi connectivity index (χ0) is 11.7. The molecule has 0 amide bonds. The third-order valence-electron chi connectivity index (χ3n) is 2.53. The van der Waals surface area contributed by atoms with Crippen molar-refractivity contribution >= 4 is 5.78 Å². The average molecular weight is 225 g/mol. The average Bonchev–Trinajstić information content (AvgIpc) is 2.81. The molecule has 17 heavy (non-hydrogen) atoms. The fourth-order valence-corrected chi connectivity index (χ4v) is 1.69. The number of aromatic nitrogens is 4. The molecule has 0 aliphatic carbocycles. The summed E-state index contributed by atoms with van der Waals surface area (Å²) in [7, 11) is 0. The predicted octanol–water partition coefficient (Wildman–Crippen LogP) is 1.25. The standard InChI is InChI=1S/C12H11N5/c13-6-11-15-12-14-7-10(8-17(12)16-11)9-4-2-1-3-5-9/h1-5,7-8H,6,13H2. The van der Waals surface area contributed by atoms with Gasteiger partial charge in [0.2, 0.25) is 0 Å². The molecule has 0 unspecified atom stereocenters. The maximum atomic E-state index is 5.50. The van der Waals surface area contributed by atoms with Gasteiger partial charge in [0, 0.05) is 18.0 Å². The van der Waals surface area contributed by atoms with E-state index in [-0.39, 0.29) is 0 Å². The fraction of sp³-hybridized carbons (Fsp3) is 0.0833. The summed E-state index contributed by atoms with van der Waals surface area (Å²) in [6.07, 6.45) is 3.70. The Balaban J connectivity index is 2.13. The summed E-state index contributed by atoms with van der Waals surface area (Å²) in [6.45, 7) is 0.323. The zero-order valence-corrected chi connectivity index (χ0v) is 9.11. The molecule has 2 N–H and O–H groups in total. The Hall–Kier alpha value is -2.27. The van der Waals surface area contributed by atoms with Crippen LogP contribution >= 0.6 is 0 Å². The summed E-state index contributed by atoms with van der Waals surface area (Å²) < 4.78 is 1.66. The van der Waals surface area contributed by atoms with Crippen molar-refractivity contribution in [1.29, 1.82) is 0 Å². The summed E-state index contributed by atoms with van der Waals surface area (Å²) in [5.74, 6) is 1.17. The van der Waals surface area contributed by atoms with Crippen LogP contribution in [0.25, 0.3) is 16.9 Å². The van der Waals surface area contributed by atoms with Gasteiger partial charge in [-0.2, -0.15) is 4.98 Å². The van der Waals surface area contributed by atoms with E-state index in [0.717, 1.165) is 11.1 Å². The van der Waals surface area contributed by atoms with Crippen molar-refractivity contribution in [2.75, 3.05) is 0 Å². The highest BCUT2D eigenvalue weighted by atomic mass is 15.3. The van der Waals surface area contributed by atoms with Crippen LogP contribution in [0.15, 0.2) is 42.7 Å². The molecule has 3 rings (SSSR count). The molecule has 5 heteroatoms. The SMILES string of the molecule is NCc1nc2ncc(-c3ccccc3)cn2n1. The molecule has 0 saturated heterocycles. The van der Waals surface area contributed by atoms with Gasteiger partial charge >= 0.3 is 0 Å². The summed E-state index contributed by atoms with van der Waals surface area (Å²) in [4.78, 5) is 8.44. The van der Waals surface area contributed by atoms with Gasteiger partial charge in [0.1, 0.15) is 0 Å². The molecular formula is C12H11N5. The van der Waals surface area contributed by atoms with E-state index in [1.807, 2.05) is 36.5 Å². The molecule has 0 bridgehead atoms. The third-order valence-corrected chi connectivity index (χ3v) is 2.53. The van der Waals surface area contributed by atoms with Gasteiger partial charge in [0.25, 0.3) is 5.78 Å². The second kappa shape index (κ2) is 3.95. The molecule has 0 aliphatic rings. The lowest BCUT2D eigenvalue weighted by Crippen LogP contribution is -1.98. The van der Waals surface area contributed by atoms with Gasteiger partial charge in [0.15, 0.2) is 5.82 Å². The zero-order valence-electron chi connectivity index (χ0n) is 9.11. The van der Waals surface area contributed by atoms with Crippen LogP contribution in [0.4, 0.5) is 0 Å². The number of rotatable bonds is 2. The highest BCUT2D eigenvalue weighted by molar-refractivity contribution is 5.62. The molecule has 0 spiro atoms. The van der Waals surface area contributed by atoms with Gasteiger partial charge in [0.05, 0.1) is 6.54 Å². The van der Waals surface area contributed by atoms with Crippen molar-refractivity contribution in [3.8, 4) is 11.1 Å². The second-order valence-electron chi connectivity index (χ2n) is 3.69. The van der Waals surface area contributed by atoms with Crippen LogP contribution in [0.1, 0.15) is 5.82 Å². The Kier molecular flexibility index (Phi) is 2.31. The molecule has 0 atom stereocenters. The van der Waals surface area contributed by atoms with Crippen molar-refractivity contribution in [1.82, 2.24) is 19.6 Å². The van der Waals surface area contributed by atoms with Crippen molar-refractivity contribution in [3.05, 3.63) is 48.5 Å². The molecule has 0 saturated carbocycles. The Bertz CT molecular complexity index is 644. The molecule has 0 fully saturated rings. The molecule has 0 radical (unpaired) electrons. The number of nitrogens with zero attached hydrogens (tertiary/aromatic N) is 4. The first-order valence-corrected chi connectivity index (χ1v) is 5.33. The van der Waals surface area contributed by atoms with Gasteiger partial charge in [-0.3, -0.25) is 0 Å². The summed E-state index contributed by atoms with van der Waals surface area (Å²) in [5.41, 5.74) is 7.61. The van der Waals surface area contributed by atoms with Crippen molar-refractivity contribution in [3.63, 3.8) is 0 Å².